The molecule has 32 heavy (non-hydrogen) atoms. The highest BCUT2D eigenvalue weighted by molar-refractivity contribution is 6.07. The molecule has 7 heteroatoms. The summed E-state index contributed by atoms with van der Waals surface area (Å²) in [6.07, 6.45) is 0. The molecule has 166 valence electrons. The van der Waals surface area contributed by atoms with Gasteiger partial charge in [-0.25, -0.2) is 0 Å². The number of rotatable bonds is 7. The summed E-state index contributed by atoms with van der Waals surface area (Å²) in [7, 11) is 6.28. The van der Waals surface area contributed by atoms with E-state index >= 15 is 0 Å². The molecule has 3 aromatic carbocycles. The number of ether oxygens (including phenoxy) is 4. The number of anilines is 2. The fraction of sp³-hybridized carbons (Fsp3) is 0.240. The zero-order valence-corrected chi connectivity index (χ0v) is 18.5. The third kappa shape index (κ3) is 3.56. The normalized spacial score (nSPS) is 17.5. The number of amides is 1. The third-order valence-corrected chi connectivity index (χ3v) is 5.78. The Kier molecular flexibility index (Phi) is 5.81. The molecule has 7 nitrogen and oxygen atoms in total. The van der Waals surface area contributed by atoms with Gasteiger partial charge in [-0.15, -0.1) is 0 Å². The van der Waals surface area contributed by atoms with Crippen LogP contribution in [0.5, 0.6) is 23.0 Å². The van der Waals surface area contributed by atoms with Crippen molar-refractivity contribution < 1.29 is 23.7 Å². The zero-order chi connectivity index (χ0) is 22.8. The van der Waals surface area contributed by atoms with Crippen molar-refractivity contribution in [2.45, 2.75) is 12.0 Å². The number of benzene rings is 3. The maximum atomic E-state index is 13.5. The highest BCUT2D eigenvalue weighted by Crippen LogP contribution is 2.52. The highest BCUT2D eigenvalue weighted by atomic mass is 16.5. The van der Waals surface area contributed by atoms with Gasteiger partial charge in [0.05, 0.1) is 46.1 Å². The van der Waals surface area contributed by atoms with Crippen LogP contribution in [0.3, 0.4) is 0 Å². The Balaban J connectivity index is 1.81. The van der Waals surface area contributed by atoms with Gasteiger partial charge in [-0.05, 0) is 35.4 Å². The minimum Gasteiger partial charge on any atom is -0.497 e. The van der Waals surface area contributed by atoms with E-state index in [0.29, 0.717) is 28.6 Å². The van der Waals surface area contributed by atoms with E-state index in [9.17, 15) is 4.79 Å². The van der Waals surface area contributed by atoms with Crippen molar-refractivity contribution in [3.8, 4) is 23.0 Å². The number of hydrogen-bond acceptors (Lipinski definition) is 6. The predicted octanol–water partition coefficient (Wildman–Crippen LogP) is 4.17. The first-order valence-corrected chi connectivity index (χ1v) is 10.1. The van der Waals surface area contributed by atoms with E-state index in [-0.39, 0.29) is 17.9 Å². The SMILES string of the molecule is COc1ccc([C@@H]2[C@@H](c3ccc(N)cc3)C(=O)N2c2cc(OC)c(OC)c(OC)c2)cc1. The molecule has 0 bridgehead atoms. The predicted molar refractivity (Wildman–Crippen MR) is 123 cm³/mol. The minimum absolute atomic E-state index is 0.0233. The molecule has 3 aromatic rings. The number of carbonyl (C=O) groups is 1. The number of nitrogens with two attached hydrogens (primary N) is 1. The first-order chi connectivity index (χ1) is 15.5. The molecule has 0 aliphatic carbocycles. The third-order valence-electron chi connectivity index (χ3n) is 5.78. The molecule has 1 fully saturated rings. The second kappa shape index (κ2) is 8.70. The lowest BCUT2D eigenvalue weighted by Gasteiger charge is -2.48. The largest absolute Gasteiger partial charge is 0.497 e. The van der Waals surface area contributed by atoms with Gasteiger partial charge in [-0.3, -0.25) is 4.79 Å². The number of hydrogen-bond donors (Lipinski definition) is 1. The van der Waals surface area contributed by atoms with Crippen molar-refractivity contribution in [3.05, 3.63) is 71.8 Å². The molecule has 1 amide bonds. The van der Waals surface area contributed by atoms with Gasteiger partial charge < -0.3 is 29.6 Å². The van der Waals surface area contributed by atoms with Crippen LogP contribution in [0.1, 0.15) is 23.1 Å². The first-order valence-electron chi connectivity index (χ1n) is 10.1. The molecule has 0 saturated carbocycles. The Hall–Kier alpha value is -3.87. The number of β-lactam (4-membered cyclic amide) rings is 1. The van der Waals surface area contributed by atoms with Gasteiger partial charge in [-0.2, -0.15) is 0 Å². The van der Waals surface area contributed by atoms with Crippen LogP contribution >= 0.6 is 0 Å². The molecular formula is C25H26N2O5. The van der Waals surface area contributed by atoms with E-state index < -0.39 is 0 Å². The first kappa shape index (κ1) is 21.4. The Labute approximate surface area is 187 Å². The van der Waals surface area contributed by atoms with E-state index in [1.807, 2.05) is 48.5 Å². The summed E-state index contributed by atoms with van der Waals surface area (Å²) < 4.78 is 21.7. The number of carbonyl (C=O) groups excluding carboxylic acids is 1. The Bertz CT molecular complexity index is 1090. The highest BCUT2D eigenvalue weighted by Gasteiger charge is 2.50. The topological polar surface area (TPSA) is 83.3 Å². The smallest absolute Gasteiger partial charge is 0.237 e. The monoisotopic (exact) mass is 434 g/mol. The molecule has 2 N–H and O–H groups in total. The molecule has 1 aliphatic heterocycles. The molecule has 0 spiro atoms. The van der Waals surface area contributed by atoms with Gasteiger partial charge >= 0.3 is 0 Å². The summed E-state index contributed by atoms with van der Waals surface area (Å²) in [6, 6.07) is 18.5. The standard InChI is InChI=1S/C25H26N2O5/c1-29-19-11-7-16(8-12-19)23-22(15-5-9-17(26)10-6-15)25(28)27(23)18-13-20(30-2)24(32-4)21(14-18)31-3/h5-14,22-23H,26H2,1-4H3/t22-,23-/m1/s1. The van der Waals surface area contributed by atoms with E-state index in [4.69, 9.17) is 24.7 Å². The van der Waals surface area contributed by atoms with Crippen molar-refractivity contribution in [3.63, 3.8) is 0 Å². The second-order valence-corrected chi connectivity index (χ2v) is 7.45. The fourth-order valence-corrected chi connectivity index (χ4v) is 4.15. The minimum atomic E-state index is -0.344. The molecule has 2 atom stereocenters. The van der Waals surface area contributed by atoms with Crippen molar-refractivity contribution in [1.29, 1.82) is 0 Å². The Morgan fingerprint density at radius 1 is 0.750 bits per heavy atom. The second-order valence-electron chi connectivity index (χ2n) is 7.45. The van der Waals surface area contributed by atoms with Crippen molar-refractivity contribution in [2.24, 2.45) is 0 Å². The van der Waals surface area contributed by atoms with E-state index in [1.54, 1.807) is 45.5 Å². The zero-order valence-electron chi connectivity index (χ0n) is 18.5. The van der Waals surface area contributed by atoms with Crippen LogP contribution in [0.15, 0.2) is 60.7 Å². The summed E-state index contributed by atoms with van der Waals surface area (Å²) in [5.74, 6) is 1.83. The summed E-state index contributed by atoms with van der Waals surface area (Å²) in [5.41, 5.74) is 9.08. The molecular weight excluding hydrogens is 408 g/mol. The number of methoxy groups -OCH3 is 4. The van der Waals surface area contributed by atoms with Gasteiger partial charge in [-0.1, -0.05) is 24.3 Å². The van der Waals surface area contributed by atoms with Gasteiger partial charge in [0.1, 0.15) is 5.75 Å². The van der Waals surface area contributed by atoms with Crippen LogP contribution in [0.4, 0.5) is 11.4 Å². The number of nitrogen functional groups attached to an aromatic ring is 1. The van der Waals surface area contributed by atoms with Gasteiger partial charge in [0.15, 0.2) is 11.5 Å². The van der Waals surface area contributed by atoms with Crippen LogP contribution < -0.4 is 29.6 Å². The molecule has 1 heterocycles. The van der Waals surface area contributed by atoms with Crippen molar-refractivity contribution >= 4 is 17.3 Å². The number of nitrogens with zero attached hydrogens (tertiary/aromatic N) is 1. The molecule has 0 radical (unpaired) electrons. The molecule has 0 aromatic heterocycles. The van der Waals surface area contributed by atoms with Gasteiger partial charge in [0.2, 0.25) is 11.7 Å². The van der Waals surface area contributed by atoms with Crippen LogP contribution in [-0.2, 0) is 4.79 Å². The quantitative estimate of drug-likeness (QED) is 0.444. The van der Waals surface area contributed by atoms with E-state index in [1.165, 1.54) is 0 Å². The average Bonchev–Trinajstić information content (AvgIpc) is 2.83. The van der Waals surface area contributed by atoms with Gasteiger partial charge in [0.25, 0.3) is 0 Å². The lowest BCUT2D eigenvalue weighted by molar-refractivity contribution is -0.126. The van der Waals surface area contributed by atoms with Crippen LogP contribution in [0.25, 0.3) is 0 Å². The molecule has 1 saturated heterocycles. The van der Waals surface area contributed by atoms with E-state index in [2.05, 4.69) is 0 Å². The lowest BCUT2D eigenvalue weighted by atomic mass is 9.77. The van der Waals surface area contributed by atoms with Crippen molar-refractivity contribution in [1.82, 2.24) is 0 Å². The van der Waals surface area contributed by atoms with E-state index in [0.717, 1.165) is 16.9 Å². The van der Waals surface area contributed by atoms with Crippen LogP contribution in [0.2, 0.25) is 0 Å². The summed E-state index contributed by atoms with van der Waals surface area (Å²) in [6.45, 7) is 0. The Morgan fingerprint density at radius 3 is 1.81 bits per heavy atom. The average molecular weight is 434 g/mol. The maximum absolute atomic E-state index is 13.5. The van der Waals surface area contributed by atoms with Gasteiger partial charge in [0, 0.05) is 17.8 Å². The van der Waals surface area contributed by atoms with Crippen LogP contribution in [-0.4, -0.2) is 34.3 Å². The summed E-state index contributed by atoms with van der Waals surface area (Å²) in [5, 5.41) is 0. The van der Waals surface area contributed by atoms with Crippen molar-refractivity contribution in [2.75, 3.05) is 39.1 Å². The fourth-order valence-electron chi connectivity index (χ4n) is 4.15. The van der Waals surface area contributed by atoms with Crippen LogP contribution in [0, 0.1) is 0 Å². The lowest BCUT2D eigenvalue weighted by Crippen LogP contribution is -2.53. The summed E-state index contributed by atoms with van der Waals surface area (Å²) >= 11 is 0. The molecule has 0 unspecified atom stereocenters. The molecule has 1 aliphatic rings. The molecule has 4 rings (SSSR count). The maximum Gasteiger partial charge on any atom is 0.237 e. The Morgan fingerprint density at radius 2 is 1.31 bits per heavy atom. The summed E-state index contributed by atoms with van der Waals surface area (Å²) in [4.78, 5) is 15.2.